The van der Waals surface area contributed by atoms with Gasteiger partial charge in [0.2, 0.25) is 5.91 Å². The highest BCUT2D eigenvalue weighted by molar-refractivity contribution is 6.10. The molecule has 6 nitrogen and oxygen atoms in total. The summed E-state index contributed by atoms with van der Waals surface area (Å²) < 4.78 is 0. The molecule has 1 aliphatic heterocycles. The van der Waals surface area contributed by atoms with Crippen LogP contribution < -0.4 is 5.32 Å². The van der Waals surface area contributed by atoms with E-state index in [1.165, 1.54) is 0 Å². The quantitative estimate of drug-likeness (QED) is 0.650. The number of piperidine rings is 1. The van der Waals surface area contributed by atoms with Crippen molar-refractivity contribution in [1.82, 2.24) is 14.9 Å². The molecule has 2 N–H and O–H groups in total. The van der Waals surface area contributed by atoms with Crippen LogP contribution in [0.15, 0.2) is 48.8 Å². The Morgan fingerprint density at radius 1 is 1.17 bits per heavy atom. The third-order valence-electron chi connectivity index (χ3n) is 5.84. The summed E-state index contributed by atoms with van der Waals surface area (Å²) in [6.07, 6.45) is 5.03. The number of hydrogen-bond donors (Lipinski definition) is 2. The van der Waals surface area contributed by atoms with E-state index in [0.29, 0.717) is 5.82 Å². The first-order valence-corrected chi connectivity index (χ1v) is 10.1. The van der Waals surface area contributed by atoms with Gasteiger partial charge in [0, 0.05) is 34.8 Å². The number of benzene rings is 1. The number of carbonyl (C=O) groups is 2. The molecule has 2 aromatic heterocycles. The maximum atomic E-state index is 13.1. The number of Topliss-reactive ketones (excluding diaryl/α,β-unsaturated/α-hetero) is 1. The van der Waals surface area contributed by atoms with Crippen molar-refractivity contribution in [1.29, 1.82) is 0 Å². The fourth-order valence-corrected chi connectivity index (χ4v) is 3.99. The Hall–Kier alpha value is -2.99. The number of likely N-dealkylation sites (tertiary alicyclic amines) is 1. The van der Waals surface area contributed by atoms with E-state index in [1.54, 1.807) is 12.4 Å². The first-order valence-electron chi connectivity index (χ1n) is 10.1. The van der Waals surface area contributed by atoms with E-state index in [0.717, 1.165) is 48.0 Å². The average Bonchev–Trinajstić information content (AvgIpc) is 3.18. The molecule has 0 aliphatic carbocycles. The van der Waals surface area contributed by atoms with Crippen LogP contribution >= 0.6 is 0 Å². The smallest absolute Gasteiger partial charge is 0.228 e. The second kappa shape index (κ2) is 8.17. The summed E-state index contributed by atoms with van der Waals surface area (Å²) >= 11 is 0. The van der Waals surface area contributed by atoms with E-state index in [1.807, 2.05) is 50.2 Å². The zero-order valence-corrected chi connectivity index (χ0v) is 16.8. The van der Waals surface area contributed by atoms with Gasteiger partial charge in [0.15, 0.2) is 5.78 Å². The summed E-state index contributed by atoms with van der Waals surface area (Å²) in [5, 5.41) is 3.87. The van der Waals surface area contributed by atoms with Crippen molar-refractivity contribution >= 4 is 28.4 Å². The number of pyridine rings is 1. The van der Waals surface area contributed by atoms with Gasteiger partial charge in [-0.2, -0.15) is 0 Å². The van der Waals surface area contributed by atoms with Gasteiger partial charge in [0.25, 0.3) is 0 Å². The second-order valence-electron chi connectivity index (χ2n) is 7.81. The fraction of sp³-hybridized carbons (Fsp3) is 0.348. The summed E-state index contributed by atoms with van der Waals surface area (Å²) in [5.41, 5.74) is 2.77. The van der Waals surface area contributed by atoms with Crippen molar-refractivity contribution in [3.63, 3.8) is 0 Å². The molecule has 29 heavy (non-hydrogen) atoms. The van der Waals surface area contributed by atoms with Crippen LogP contribution in [0.2, 0.25) is 0 Å². The third-order valence-corrected chi connectivity index (χ3v) is 5.84. The number of ketones is 1. The van der Waals surface area contributed by atoms with E-state index in [4.69, 9.17) is 0 Å². The molecule has 1 aromatic carbocycles. The van der Waals surface area contributed by atoms with Gasteiger partial charge in [-0.1, -0.05) is 24.3 Å². The molecule has 3 aromatic rings. The normalized spacial score (nSPS) is 16.6. The molecule has 0 bridgehead atoms. The minimum Gasteiger partial charge on any atom is -0.360 e. The van der Waals surface area contributed by atoms with Gasteiger partial charge in [-0.05, 0) is 57.5 Å². The summed E-state index contributed by atoms with van der Waals surface area (Å²) in [6, 6.07) is 11.4. The minimum absolute atomic E-state index is 0.0108. The predicted molar refractivity (Wildman–Crippen MR) is 114 cm³/mol. The summed E-state index contributed by atoms with van der Waals surface area (Å²) in [6.45, 7) is 5.39. The molecule has 3 heterocycles. The van der Waals surface area contributed by atoms with Crippen molar-refractivity contribution in [2.45, 2.75) is 32.7 Å². The maximum Gasteiger partial charge on any atom is 0.228 e. The standard InChI is InChI=1S/C23H26N4O2/c1-15-7-8-21(25-13-15)26-23(29)17-9-11-27(12-10-17)16(2)22(28)19-14-24-20-6-4-3-5-18(19)20/h3-8,13-14,16-17,24H,9-12H2,1-2H3,(H,25,26,29). The minimum atomic E-state index is -0.211. The number of H-pyrrole nitrogens is 1. The fourth-order valence-electron chi connectivity index (χ4n) is 3.99. The number of aryl methyl sites for hydroxylation is 1. The van der Waals surface area contributed by atoms with Crippen LogP contribution in [0.1, 0.15) is 35.7 Å². The molecule has 1 aliphatic rings. The SMILES string of the molecule is Cc1ccc(NC(=O)C2CCN(C(C)C(=O)c3c[nH]c4ccccc34)CC2)nc1. The number of anilines is 1. The highest BCUT2D eigenvalue weighted by Gasteiger charge is 2.31. The average molecular weight is 390 g/mol. The second-order valence-corrected chi connectivity index (χ2v) is 7.81. The molecule has 1 atom stereocenters. The number of carbonyl (C=O) groups excluding carboxylic acids is 2. The molecule has 1 amide bonds. The van der Waals surface area contributed by atoms with Crippen LogP contribution in [0.5, 0.6) is 0 Å². The molecular formula is C23H26N4O2. The van der Waals surface area contributed by atoms with Crippen molar-refractivity contribution in [2.75, 3.05) is 18.4 Å². The number of rotatable bonds is 5. The number of aromatic nitrogens is 2. The van der Waals surface area contributed by atoms with Crippen molar-refractivity contribution < 1.29 is 9.59 Å². The monoisotopic (exact) mass is 390 g/mol. The summed E-state index contributed by atoms with van der Waals surface area (Å²) in [5.74, 6) is 0.668. The highest BCUT2D eigenvalue weighted by Crippen LogP contribution is 2.24. The largest absolute Gasteiger partial charge is 0.360 e. The van der Waals surface area contributed by atoms with Gasteiger partial charge in [-0.3, -0.25) is 14.5 Å². The highest BCUT2D eigenvalue weighted by atomic mass is 16.2. The molecular weight excluding hydrogens is 364 g/mol. The van der Waals surface area contributed by atoms with Crippen LogP contribution in [-0.2, 0) is 4.79 Å². The molecule has 6 heteroatoms. The van der Waals surface area contributed by atoms with Gasteiger partial charge in [-0.25, -0.2) is 4.98 Å². The third kappa shape index (κ3) is 4.07. The van der Waals surface area contributed by atoms with Gasteiger partial charge in [0.05, 0.1) is 6.04 Å². The zero-order chi connectivity index (χ0) is 20.4. The van der Waals surface area contributed by atoms with E-state index in [9.17, 15) is 9.59 Å². The number of aromatic amines is 1. The van der Waals surface area contributed by atoms with Crippen LogP contribution in [0.3, 0.4) is 0 Å². The first-order chi connectivity index (χ1) is 14.0. The van der Waals surface area contributed by atoms with Crippen LogP contribution in [-0.4, -0.2) is 45.7 Å². The Morgan fingerprint density at radius 2 is 1.93 bits per heavy atom. The Kier molecular flexibility index (Phi) is 5.45. The van der Waals surface area contributed by atoms with E-state index in [2.05, 4.69) is 20.2 Å². The number of para-hydroxylation sites is 1. The molecule has 1 saturated heterocycles. The molecule has 4 rings (SSSR count). The summed E-state index contributed by atoms with van der Waals surface area (Å²) in [7, 11) is 0. The molecule has 150 valence electrons. The van der Waals surface area contributed by atoms with Crippen molar-refractivity contribution in [3.05, 3.63) is 59.9 Å². The lowest BCUT2D eigenvalue weighted by Gasteiger charge is -2.34. The lowest BCUT2D eigenvalue weighted by molar-refractivity contribution is -0.121. The maximum absolute atomic E-state index is 13.1. The molecule has 0 radical (unpaired) electrons. The lowest BCUT2D eigenvalue weighted by atomic mass is 9.93. The molecule has 1 fully saturated rings. The Labute approximate surface area is 170 Å². The van der Waals surface area contributed by atoms with Crippen LogP contribution in [0.4, 0.5) is 5.82 Å². The first kappa shape index (κ1) is 19.3. The van der Waals surface area contributed by atoms with E-state index >= 15 is 0 Å². The van der Waals surface area contributed by atoms with Gasteiger partial charge >= 0.3 is 0 Å². The Bertz CT molecular complexity index is 1020. The van der Waals surface area contributed by atoms with Crippen molar-refractivity contribution in [2.24, 2.45) is 5.92 Å². The number of fused-ring (bicyclic) bond motifs is 1. The van der Waals surface area contributed by atoms with Gasteiger partial charge in [0.1, 0.15) is 5.82 Å². The molecule has 1 unspecified atom stereocenters. The topological polar surface area (TPSA) is 78.1 Å². The molecule has 0 saturated carbocycles. The van der Waals surface area contributed by atoms with Crippen molar-refractivity contribution in [3.8, 4) is 0 Å². The lowest BCUT2D eigenvalue weighted by Crippen LogP contribution is -2.45. The number of nitrogens with zero attached hydrogens (tertiary/aromatic N) is 2. The molecule has 0 spiro atoms. The Balaban J connectivity index is 1.35. The van der Waals surface area contributed by atoms with Gasteiger partial charge < -0.3 is 10.3 Å². The Morgan fingerprint density at radius 3 is 2.66 bits per heavy atom. The van der Waals surface area contributed by atoms with E-state index < -0.39 is 0 Å². The van der Waals surface area contributed by atoms with Crippen LogP contribution in [0.25, 0.3) is 10.9 Å². The number of hydrogen-bond acceptors (Lipinski definition) is 4. The van der Waals surface area contributed by atoms with E-state index in [-0.39, 0.29) is 23.7 Å². The number of amides is 1. The van der Waals surface area contributed by atoms with Crippen LogP contribution in [0, 0.1) is 12.8 Å². The number of nitrogens with one attached hydrogen (secondary N) is 2. The summed E-state index contributed by atoms with van der Waals surface area (Å²) in [4.78, 5) is 35.2. The predicted octanol–water partition coefficient (Wildman–Crippen LogP) is 3.79. The van der Waals surface area contributed by atoms with Gasteiger partial charge in [-0.15, -0.1) is 0 Å². The zero-order valence-electron chi connectivity index (χ0n) is 16.8.